The average molecular weight is 445 g/mol. The minimum Gasteiger partial charge on any atom is -0.371 e. The smallest absolute Gasteiger partial charge is 0.253 e. The van der Waals surface area contributed by atoms with Crippen molar-refractivity contribution in [3.05, 3.63) is 89.7 Å². The largest absolute Gasteiger partial charge is 0.371 e. The number of carbonyl (C=O) groups excluding carboxylic acids is 2. The van der Waals surface area contributed by atoms with E-state index in [1.807, 2.05) is 54.6 Å². The Morgan fingerprint density at radius 3 is 2.52 bits per heavy atom. The zero-order chi connectivity index (χ0) is 22.9. The fraction of sp³-hybridized carbons (Fsp3) is 0.269. The average Bonchev–Trinajstić information content (AvgIpc) is 3.39. The van der Waals surface area contributed by atoms with Gasteiger partial charge in [-0.05, 0) is 48.2 Å². The highest BCUT2D eigenvalue weighted by molar-refractivity contribution is 6.02. The molecule has 1 aromatic heterocycles. The van der Waals surface area contributed by atoms with Gasteiger partial charge in [-0.3, -0.25) is 14.6 Å². The van der Waals surface area contributed by atoms with Gasteiger partial charge in [0, 0.05) is 43.4 Å². The summed E-state index contributed by atoms with van der Waals surface area (Å²) in [5.74, 6) is -0.446. The Morgan fingerprint density at radius 1 is 0.970 bits per heavy atom. The van der Waals surface area contributed by atoms with E-state index in [0.717, 1.165) is 42.7 Å². The van der Waals surface area contributed by atoms with Crippen molar-refractivity contribution < 1.29 is 14.3 Å². The highest BCUT2D eigenvalue weighted by Crippen LogP contribution is 2.27. The van der Waals surface area contributed by atoms with Crippen LogP contribution in [0.1, 0.15) is 34.3 Å². The van der Waals surface area contributed by atoms with Crippen LogP contribution in [-0.4, -0.2) is 36.5 Å². The van der Waals surface area contributed by atoms with Gasteiger partial charge in [-0.25, -0.2) is 0 Å². The second-order valence-corrected chi connectivity index (χ2v) is 8.00. The van der Waals surface area contributed by atoms with E-state index in [9.17, 15) is 9.59 Å². The van der Waals surface area contributed by atoms with Crippen molar-refractivity contribution >= 4 is 23.2 Å². The van der Waals surface area contributed by atoms with E-state index in [0.29, 0.717) is 24.4 Å². The first kappa shape index (κ1) is 22.5. The predicted molar refractivity (Wildman–Crippen MR) is 128 cm³/mol. The first-order valence-electron chi connectivity index (χ1n) is 11.2. The van der Waals surface area contributed by atoms with Gasteiger partial charge in [0.2, 0.25) is 5.91 Å². The monoisotopic (exact) mass is 444 g/mol. The molecule has 33 heavy (non-hydrogen) atoms. The number of aromatic nitrogens is 1. The summed E-state index contributed by atoms with van der Waals surface area (Å²) in [6, 6.07) is 18.9. The van der Waals surface area contributed by atoms with Crippen LogP contribution in [0.5, 0.6) is 0 Å². The number of pyridine rings is 1. The van der Waals surface area contributed by atoms with E-state index >= 15 is 0 Å². The van der Waals surface area contributed by atoms with E-state index in [-0.39, 0.29) is 18.4 Å². The zero-order valence-electron chi connectivity index (χ0n) is 18.5. The number of ether oxygens (including phenoxy) is 1. The second-order valence-electron chi connectivity index (χ2n) is 8.00. The molecule has 1 saturated heterocycles. The number of nitrogens with one attached hydrogen (secondary N) is 2. The maximum Gasteiger partial charge on any atom is 0.253 e. The molecule has 7 heteroatoms. The minimum absolute atomic E-state index is 0.0642. The number of hydrogen-bond acceptors (Lipinski definition) is 5. The first-order chi connectivity index (χ1) is 16.2. The Labute approximate surface area is 193 Å². The van der Waals surface area contributed by atoms with Crippen molar-refractivity contribution in [1.82, 2.24) is 10.3 Å². The number of anilines is 2. The molecule has 170 valence electrons. The van der Waals surface area contributed by atoms with Gasteiger partial charge in [0.15, 0.2) is 0 Å². The van der Waals surface area contributed by atoms with E-state index in [1.54, 1.807) is 18.5 Å². The topological polar surface area (TPSA) is 83.6 Å². The van der Waals surface area contributed by atoms with Crippen LogP contribution in [0.15, 0.2) is 73.1 Å². The van der Waals surface area contributed by atoms with Crippen LogP contribution in [0.2, 0.25) is 0 Å². The summed E-state index contributed by atoms with van der Waals surface area (Å²) in [5, 5.41) is 5.81. The molecule has 2 N–H and O–H groups in total. The quantitative estimate of drug-likeness (QED) is 0.525. The van der Waals surface area contributed by atoms with Crippen molar-refractivity contribution in [1.29, 1.82) is 0 Å². The van der Waals surface area contributed by atoms with Gasteiger partial charge >= 0.3 is 0 Å². The fourth-order valence-electron chi connectivity index (χ4n) is 3.84. The number of hydrogen-bond donors (Lipinski definition) is 2. The highest BCUT2D eigenvalue weighted by Gasteiger charge is 2.20. The molecule has 3 aromatic rings. The molecular formula is C26H28N4O3. The standard InChI is InChI=1S/C26H28N4O3/c31-25(19-33-18-20-7-2-1-3-8-20)29-22-10-11-24(30-13-4-5-14-30)23(15-22)26(32)28-17-21-9-6-12-27-16-21/h1-3,6-12,15-16H,4-5,13-14,17-19H2,(H,28,32)(H,29,31). The van der Waals surface area contributed by atoms with Crippen molar-refractivity contribution in [2.24, 2.45) is 0 Å². The van der Waals surface area contributed by atoms with Crippen LogP contribution in [0.4, 0.5) is 11.4 Å². The lowest BCUT2D eigenvalue weighted by molar-refractivity contribution is -0.121. The van der Waals surface area contributed by atoms with Gasteiger partial charge in [0.05, 0.1) is 12.2 Å². The van der Waals surface area contributed by atoms with Crippen LogP contribution in [0, 0.1) is 0 Å². The Hall–Kier alpha value is -3.71. The Balaban J connectivity index is 1.41. The zero-order valence-corrected chi connectivity index (χ0v) is 18.5. The van der Waals surface area contributed by atoms with E-state index < -0.39 is 0 Å². The lowest BCUT2D eigenvalue weighted by Gasteiger charge is -2.22. The molecule has 0 atom stereocenters. The van der Waals surface area contributed by atoms with Crippen molar-refractivity contribution in [2.75, 3.05) is 29.9 Å². The van der Waals surface area contributed by atoms with E-state index in [2.05, 4.69) is 20.5 Å². The molecule has 0 radical (unpaired) electrons. The van der Waals surface area contributed by atoms with Crippen LogP contribution in [-0.2, 0) is 22.7 Å². The predicted octanol–water partition coefficient (Wildman–Crippen LogP) is 3.77. The molecule has 0 unspecified atom stereocenters. The molecular weight excluding hydrogens is 416 g/mol. The number of rotatable bonds is 9. The van der Waals surface area contributed by atoms with E-state index in [4.69, 9.17) is 4.74 Å². The van der Waals surface area contributed by atoms with Gasteiger partial charge in [0.1, 0.15) is 6.61 Å². The second kappa shape index (κ2) is 11.2. The highest BCUT2D eigenvalue weighted by atomic mass is 16.5. The van der Waals surface area contributed by atoms with Gasteiger partial charge in [-0.15, -0.1) is 0 Å². The molecule has 4 rings (SSSR count). The Morgan fingerprint density at radius 2 is 1.76 bits per heavy atom. The summed E-state index contributed by atoms with van der Waals surface area (Å²) < 4.78 is 5.52. The molecule has 1 fully saturated rings. The number of carbonyl (C=O) groups is 2. The number of nitrogens with zero attached hydrogens (tertiary/aromatic N) is 2. The van der Waals surface area contributed by atoms with Crippen LogP contribution >= 0.6 is 0 Å². The molecule has 0 saturated carbocycles. The molecule has 0 bridgehead atoms. The summed E-state index contributed by atoms with van der Waals surface area (Å²) in [6.45, 7) is 2.52. The van der Waals surface area contributed by atoms with Crippen LogP contribution in [0.3, 0.4) is 0 Å². The Kier molecular flexibility index (Phi) is 7.66. The normalized spacial score (nSPS) is 13.0. The third kappa shape index (κ3) is 6.40. The summed E-state index contributed by atoms with van der Waals surface area (Å²) in [6.07, 6.45) is 5.64. The van der Waals surface area contributed by atoms with Gasteiger partial charge in [-0.2, -0.15) is 0 Å². The van der Waals surface area contributed by atoms with Gasteiger partial charge < -0.3 is 20.3 Å². The molecule has 2 heterocycles. The van der Waals surface area contributed by atoms with Crippen LogP contribution < -0.4 is 15.5 Å². The molecule has 1 aliphatic heterocycles. The molecule has 0 aliphatic carbocycles. The lowest BCUT2D eigenvalue weighted by Crippen LogP contribution is -2.27. The molecule has 2 amide bonds. The summed E-state index contributed by atoms with van der Waals surface area (Å²) in [7, 11) is 0. The third-order valence-electron chi connectivity index (χ3n) is 5.49. The summed E-state index contributed by atoms with van der Waals surface area (Å²) >= 11 is 0. The minimum atomic E-state index is -0.262. The Bertz CT molecular complexity index is 1070. The summed E-state index contributed by atoms with van der Waals surface area (Å²) in [4.78, 5) is 31.8. The molecule has 1 aliphatic rings. The van der Waals surface area contributed by atoms with Gasteiger partial charge in [0.25, 0.3) is 5.91 Å². The van der Waals surface area contributed by atoms with Crippen molar-refractivity contribution in [3.8, 4) is 0 Å². The van der Waals surface area contributed by atoms with Crippen LogP contribution in [0.25, 0.3) is 0 Å². The molecule has 2 aromatic carbocycles. The SMILES string of the molecule is O=C(COCc1ccccc1)Nc1ccc(N2CCCC2)c(C(=O)NCc2cccnc2)c1. The summed E-state index contributed by atoms with van der Waals surface area (Å²) in [5.41, 5.74) is 3.93. The first-order valence-corrected chi connectivity index (χ1v) is 11.2. The fourth-order valence-corrected chi connectivity index (χ4v) is 3.84. The van der Waals surface area contributed by atoms with Gasteiger partial charge in [-0.1, -0.05) is 36.4 Å². The number of amides is 2. The maximum absolute atomic E-state index is 13.1. The number of benzene rings is 2. The molecule has 7 nitrogen and oxygen atoms in total. The maximum atomic E-state index is 13.1. The van der Waals surface area contributed by atoms with Crippen molar-refractivity contribution in [3.63, 3.8) is 0 Å². The van der Waals surface area contributed by atoms with E-state index in [1.165, 1.54) is 0 Å². The van der Waals surface area contributed by atoms with Crippen molar-refractivity contribution in [2.45, 2.75) is 26.0 Å². The third-order valence-corrected chi connectivity index (χ3v) is 5.49. The molecule has 0 spiro atoms. The lowest BCUT2D eigenvalue weighted by atomic mass is 10.1.